The monoisotopic (exact) mass is 400 g/mol. The van der Waals surface area contributed by atoms with E-state index in [1.54, 1.807) is 60.7 Å². The van der Waals surface area contributed by atoms with Gasteiger partial charge in [0.1, 0.15) is 5.76 Å². The van der Waals surface area contributed by atoms with Gasteiger partial charge in [-0.3, -0.25) is 24.6 Å². The molecule has 1 atom stereocenters. The molecule has 0 radical (unpaired) electrons. The summed E-state index contributed by atoms with van der Waals surface area (Å²) in [5, 5.41) is 21.9. The minimum absolute atomic E-state index is 0.0658. The first-order chi connectivity index (χ1) is 14.5. The van der Waals surface area contributed by atoms with E-state index in [1.165, 1.54) is 29.2 Å². The number of aliphatic hydroxyl groups excluding tert-OH is 1. The number of hydrogen-bond acceptors (Lipinski definition) is 5. The molecule has 3 aromatic rings. The Bertz CT molecular complexity index is 1160. The minimum Gasteiger partial charge on any atom is -0.507 e. The molecule has 3 aromatic carbocycles. The van der Waals surface area contributed by atoms with Crippen LogP contribution in [0.25, 0.3) is 5.76 Å². The first-order valence-corrected chi connectivity index (χ1v) is 9.15. The van der Waals surface area contributed by atoms with Crippen molar-refractivity contribution >= 4 is 28.8 Å². The second-order valence-corrected chi connectivity index (χ2v) is 6.72. The predicted octanol–water partition coefficient (Wildman–Crippen LogP) is 4.22. The van der Waals surface area contributed by atoms with Crippen molar-refractivity contribution in [3.05, 3.63) is 112 Å². The Morgan fingerprint density at radius 3 is 2.00 bits per heavy atom. The molecule has 7 nitrogen and oxygen atoms in total. The number of benzene rings is 3. The van der Waals surface area contributed by atoms with Crippen LogP contribution in [0.2, 0.25) is 0 Å². The Morgan fingerprint density at radius 2 is 1.43 bits per heavy atom. The lowest BCUT2D eigenvalue weighted by Crippen LogP contribution is -2.29. The quantitative estimate of drug-likeness (QED) is 0.232. The Labute approximate surface area is 171 Å². The standard InChI is InChI=1S/C23H16N2O5/c26-21(16-7-3-1-4-8-16)19-20(15-11-13-18(14-12-15)25(29)30)24(23(28)22(19)27)17-9-5-2-6-10-17/h1-14,20,26H. The van der Waals surface area contributed by atoms with Crippen LogP contribution in [0, 0.1) is 10.1 Å². The van der Waals surface area contributed by atoms with Gasteiger partial charge >= 0.3 is 0 Å². The number of para-hydroxylation sites is 1. The largest absolute Gasteiger partial charge is 0.507 e. The number of amides is 1. The van der Waals surface area contributed by atoms with Crippen molar-refractivity contribution in [2.24, 2.45) is 0 Å². The lowest BCUT2D eigenvalue weighted by atomic mass is 9.95. The highest BCUT2D eigenvalue weighted by atomic mass is 16.6. The van der Waals surface area contributed by atoms with Gasteiger partial charge in [0, 0.05) is 23.4 Å². The van der Waals surface area contributed by atoms with E-state index in [0.717, 1.165) is 0 Å². The Hall–Kier alpha value is -4.26. The average Bonchev–Trinajstić information content (AvgIpc) is 3.05. The summed E-state index contributed by atoms with van der Waals surface area (Å²) in [6.45, 7) is 0. The minimum atomic E-state index is -0.923. The summed E-state index contributed by atoms with van der Waals surface area (Å²) < 4.78 is 0. The molecule has 7 heteroatoms. The molecule has 1 fully saturated rings. The van der Waals surface area contributed by atoms with Crippen LogP contribution in [-0.2, 0) is 9.59 Å². The third-order valence-corrected chi connectivity index (χ3v) is 4.95. The molecule has 30 heavy (non-hydrogen) atoms. The van der Waals surface area contributed by atoms with Gasteiger partial charge in [0.2, 0.25) is 0 Å². The number of aliphatic hydroxyl groups is 1. The smallest absolute Gasteiger partial charge is 0.300 e. The molecule has 1 aliphatic heterocycles. The molecule has 4 rings (SSSR count). The molecule has 0 spiro atoms. The number of nitrogens with zero attached hydrogens (tertiary/aromatic N) is 2. The molecular weight excluding hydrogens is 384 g/mol. The van der Waals surface area contributed by atoms with Gasteiger partial charge < -0.3 is 5.11 Å². The highest BCUT2D eigenvalue weighted by Gasteiger charge is 2.46. The number of nitro benzene ring substituents is 1. The highest BCUT2D eigenvalue weighted by Crippen LogP contribution is 2.42. The van der Waals surface area contributed by atoms with Gasteiger partial charge in [-0.15, -0.1) is 0 Å². The summed E-state index contributed by atoms with van der Waals surface area (Å²) in [6, 6.07) is 21.8. The summed E-state index contributed by atoms with van der Waals surface area (Å²) in [5.74, 6) is -1.89. The van der Waals surface area contributed by atoms with Crippen molar-refractivity contribution < 1.29 is 19.6 Å². The highest BCUT2D eigenvalue weighted by molar-refractivity contribution is 6.51. The van der Waals surface area contributed by atoms with Crippen molar-refractivity contribution in [1.82, 2.24) is 0 Å². The summed E-state index contributed by atoms with van der Waals surface area (Å²) in [5.41, 5.74) is 1.18. The van der Waals surface area contributed by atoms with Crippen LogP contribution in [0.15, 0.2) is 90.5 Å². The molecule has 1 aliphatic rings. The maximum atomic E-state index is 12.9. The molecule has 148 valence electrons. The molecule has 1 N–H and O–H groups in total. The van der Waals surface area contributed by atoms with Crippen molar-refractivity contribution in [1.29, 1.82) is 0 Å². The van der Waals surface area contributed by atoms with Gasteiger partial charge in [0.05, 0.1) is 16.5 Å². The Balaban J connectivity index is 1.93. The molecule has 0 bridgehead atoms. The van der Waals surface area contributed by atoms with Crippen LogP contribution in [0.5, 0.6) is 0 Å². The number of carbonyl (C=O) groups is 2. The zero-order valence-corrected chi connectivity index (χ0v) is 15.6. The number of Topliss-reactive ketones (excluding diaryl/α,β-unsaturated/α-hetero) is 1. The second-order valence-electron chi connectivity index (χ2n) is 6.72. The number of anilines is 1. The second kappa shape index (κ2) is 7.63. The van der Waals surface area contributed by atoms with Crippen molar-refractivity contribution in [2.75, 3.05) is 4.90 Å². The van der Waals surface area contributed by atoms with Gasteiger partial charge in [-0.05, 0) is 29.8 Å². The topological polar surface area (TPSA) is 101 Å². The third kappa shape index (κ3) is 3.22. The predicted molar refractivity (Wildman–Crippen MR) is 111 cm³/mol. The van der Waals surface area contributed by atoms with Gasteiger partial charge in [0.15, 0.2) is 0 Å². The van der Waals surface area contributed by atoms with E-state index in [0.29, 0.717) is 16.8 Å². The molecule has 0 aromatic heterocycles. The molecular formula is C23H16N2O5. The van der Waals surface area contributed by atoms with Crippen LogP contribution in [0.3, 0.4) is 0 Å². The zero-order chi connectivity index (χ0) is 21.3. The van der Waals surface area contributed by atoms with Gasteiger partial charge in [-0.25, -0.2) is 0 Å². The summed E-state index contributed by atoms with van der Waals surface area (Å²) in [7, 11) is 0. The van der Waals surface area contributed by atoms with Crippen LogP contribution in [0.1, 0.15) is 17.2 Å². The van der Waals surface area contributed by atoms with Gasteiger partial charge in [-0.1, -0.05) is 48.5 Å². The maximum Gasteiger partial charge on any atom is 0.300 e. The SMILES string of the molecule is O=C1C(=O)N(c2ccccc2)C(c2ccc([N+](=O)[O-])cc2)C1=C(O)c1ccccc1. The first kappa shape index (κ1) is 19.1. The van der Waals surface area contributed by atoms with Crippen LogP contribution in [0.4, 0.5) is 11.4 Å². The number of carbonyl (C=O) groups excluding carboxylic acids is 2. The van der Waals surface area contributed by atoms with Gasteiger partial charge in [-0.2, -0.15) is 0 Å². The zero-order valence-electron chi connectivity index (χ0n) is 15.6. The van der Waals surface area contributed by atoms with E-state index in [4.69, 9.17) is 0 Å². The van der Waals surface area contributed by atoms with E-state index in [1.807, 2.05) is 0 Å². The summed E-state index contributed by atoms with van der Waals surface area (Å²) in [6.07, 6.45) is 0. The first-order valence-electron chi connectivity index (χ1n) is 9.15. The number of rotatable bonds is 4. The van der Waals surface area contributed by atoms with Crippen molar-refractivity contribution in [3.8, 4) is 0 Å². The number of nitro groups is 1. The summed E-state index contributed by atoms with van der Waals surface area (Å²) >= 11 is 0. The van der Waals surface area contributed by atoms with E-state index >= 15 is 0 Å². The molecule has 1 amide bonds. The molecule has 1 heterocycles. The van der Waals surface area contributed by atoms with Gasteiger partial charge in [0.25, 0.3) is 17.4 Å². The number of hydrogen-bond donors (Lipinski definition) is 1. The molecule has 0 saturated carbocycles. The van der Waals surface area contributed by atoms with Crippen LogP contribution >= 0.6 is 0 Å². The maximum absolute atomic E-state index is 12.9. The fraction of sp³-hybridized carbons (Fsp3) is 0.0435. The Morgan fingerprint density at radius 1 is 0.867 bits per heavy atom. The van der Waals surface area contributed by atoms with E-state index in [2.05, 4.69) is 0 Å². The molecule has 1 saturated heterocycles. The molecule has 0 aliphatic carbocycles. The average molecular weight is 400 g/mol. The van der Waals surface area contributed by atoms with Crippen LogP contribution in [-0.4, -0.2) is 21.7 Å². The van der Waals surface area contributed by atoms with Crippen LogP contribution < -0.4 is 4.90 Å². The Kier molecular flexibility index (Phi) is 4.85. The van der Waals surface area contributed by atoms with E-state index in [-0.39, 0.29) is 17.0 Å². The van der Waals surface area contributed by atoms with E-state index < -0.39 is 22.7 Å². The van der Waals surface area contributed by atoms with E-state index in [9.17, 15) is 24.8 Å². The third-order valence-electron chi connectivity index (χ3n) is 4.95. The van der Waals surface area contributed by atoms with Crippen molar-refractivity contribution in [3.63, 3.8) is 0 Å². The normalized spacial score (nSPS) is 17.9. The number of ketones is 1. The fourth-order valence-electron chi connectivity index (χ4n) is 3.53. The molecule has 1 unspecified atom stereocenters. The number of non-ortho nitro benzene ring substituents is 1. The fourth-order valence-corrected chi connectivity index (χ4v) is 3.53. The summed E-state index contributed by atoms with van der Waals surface area (Å²) in [4.78, 5) is 37.7. The lowest BCUT2D eigenvalue weighted by Gasteiger charge is -2.25. The van der Waals surface area contributed by atoms with Crippen molar-refractivity contribution in [2.45, 2.75) is 6.04 Å². The lowest BCUT2D eigenvalue weighted by molar-refractivity contribution is -0.384.